The van der Waals surface area contributed by atoms with E-state index in [0.29, 0.717) is 0 Å². The Balaban J connectivity index is -0.0000000300. The average molecular weight is 124 g/mol. The summed E-state index contributed by atoms with van der Waals surface area (Å²) in [4.78, 5) is 2.38. The molecule has 1 nitrogen and oxygen atoms in total. The van der Waals surface area contributed by atoms with Crippen LogP contribution in [-0.4, -0.2) is 24.5 Å². The van der Waals surface area contributed by atoms with Crippen LogP contribution in [0.5, 0.6) is 0 Å². The van der Waals surface area contributed by atoms with Crippen molar-refractivity contribution in [2.75, 3.05) is 19.6 Å². The maximum atomic E-state index is 2.38. The van der Waals surface area contributed by atoms with Crippen LogP contribution in [0.2, 0.25) is 0 Å². The number of halogens is 1. The van der Waals surface area contributed by atoms with Gasteiger partial charge in [-0.1, -0.05) is 20.8 Å². The van der Waals surface area contributed by atoms with E-state index in [1.165, 1.54) is 19.6 Å². The van der Waals surface area contributed by atoms with Crippen LogP contribution in [0.25, 0.3) is 0 Å². The molecule has 0 fully saturated rings. The molecule has 8 heavy (non-hydrogen) atoms. The van der Waals surface area contributed by atoms with Gasteiger partial charge in [-0.2, -0.15) is 0 Å². The summed E-state index contributed by atoms with van der Waals surface area (Å²) >= 11 is 0. The first-order chi connectivity index (χ1) is 3.35. The van der Waals surface area contributed by atoms with E-state index in [1.807, 2.05) is 0 Å². The molecule has 0 aliphatic rings. The number of hydrogen-bond acceptors (Lipinski definition) is 1. The molecule has 0 unspecified atom stereocenters. The summed E-state index contributed by atoms with van der Waals surface area (Å²) in [6, 6.07) is 0. The molecule has 0 aromatic heterocycles. The van der Waals surface area contributed by atoms with Crippen LogP contribution in [-0.2, 0) is 0 Å². The van der Waals surface area contributed by atoms with Gasteiger partial charge < -0.3 is 4.90 Å². The largest absolute Gasteiger partial charge is 1.00 e. The molecule has 0 rings (SSSR count). The summed E-state index contributed by atoms with van der Waals surface area (Å²) in [6.07, 6.45) is 0. The summed E-state index contributed by atoms with van der Waals surface area (Å²) in [7, 11) is 0. The van der Waals surface area contributed by atoms with Crippen molar-refractivity contribution in [1.82, 2.24) is 4.90 Å². The molecular formula is C6H19FN+3. The molecule has 0 aliphatic heterocycles. The summed E-state index contributed by atoms with van der Waals surface area (Å²) in [6.45, 7) is 10.1. The maximum Gasteiger partial charge on any atom is 1.00 e. The lowest BCUT2D eigenvalue weighted by Gasteiger charge is -2.13. The zero-order valence-corrected chi connectivity index (χ0v) is 5.98. The lowest BCUT2D eigenvalue weighted by atomic mass is 10.5. The van der Waals surface area contributed by atoms with E-state index in [0.717, 1.165) is 0 Å². The van der Waals surface area contributed by atoms with E-state index in [1.54, 1.807) is 0 Å². The van der Waals surface area contributed by atoms with Crippen molar-refractivity contribution in [1.29, 1.82) is 0 Å². The zero-order chi connectivity index (χ0) is 5.70. The topological polar surface area (TPSA) is 3.24 Å². The molecule has 2 heteroatoms. The van der Waals surface area contributed by atoms with Crippen LogP contribution in [0.1, 0.15) is 25.1 Å². The molecule has 0 bridgehead atoms. The van der Waals surface area contributed by atoms with Crippen LogP contribution < -0.4 is 0 Å². The third kappa shape index (κ3) is 4.06. The van der Waals surface area contributed by atoms with E-state index in [4.69, 9.17) is 0 Å². The van der Waals surface area contributed by atoms with Crippen LogP contribution in [0.15, 0.2) is 0 Å². The molecule has 0 aromatic rings. The molecule has 0 heterocycles. The molecule has 52 valence electrons. The molecule has 0 saturated heterocycles. The normalized spacial score (nSPS) is 9.00. The second kappa shape index (κ2) is 6.89. The average Bonchev–Trinajstić information content (AvgIpc) is 1.72. The first-order valence-electron chi connectivity index (χ1n) is 3.07. The standard InChI is InChI=1S/C6H15N.FH/c1-4-7(5-2)6-3;/h4-6H2,1-3H3;1H/p+3. The first kappa shape index (κ1) is 10.8. The van der Waals surface area contributed by atoms with Gasteiger partial charge in [-0.05, 0) is 19.6 Å². The molecule has 0 amide bonds. The Labute approximate surface area is 55.5 Å². The second-order valence-corrected chi connectivity index (χ2v) is 1.62. The Morgan fingerprint density at radius 3 is 1.25 bits per heavy atom. The van der Waals surface area contributed by atoms with Crippen molar-refractivity contribution >= 4 is 0 Å². The predicted molar refractivity (Wildman–Crippen MR) is 39.3 cm³/mol. The monoisotopic (exact) mass is 124 g/mol. The van der Waals surface area contributed by atoms with Gasteiger partial charge >= 0.3 is 4.28 Å². The zero-order valence-electron chi connectivity index (χ0n) is 8.98. The Morgan fingerprint density at radius 2 is 1.25 bits per heavy atom. The maximum absolute atomic E-state index is 2.38. The van der Waals surface area contributed by atoms with Gasteiger partial charge in [0.15, 0.2) is 0 Å². The van der Waals surface area contributed by atoms with Gasteiger partial charge in [-0.15, -0.1) is 0 Å². The molecule has 0 saturated carbocycles. The SMILES string of the molecule is CCN(CC)CC.F.[H+].[H+].[H+]. The minimum Gasteiger partial charge on any atom is -0.304 e. The summed E-state index contributed by atoms with van der Waals surface area (Å²) in [5.74, 6) is 0. The molecule has 0 aliphatic carbocycles. The van der Waals surface area contributed by atoms with Crippen molar-refractivity contribution in [3.05, 3.63) is 0 Å². The first-order valence-corrected chi connectivity index (χ1v) is 3.07. The Kier molecular flexibility index (Phi) is 9.30. The quantitative estimate of drug-likeness (QED) is 0.555. The van der Waals surface area contributed by atoms with Crippen LogP contribution >= 0.6 is 0 Å². The second-order valence-electron chi connectivity index (χ2n) is 1.62. The van der Waals surface area contributed by atoms with Gasteiger partial charge in [0.25, 0.3) is 0 Å². The van der Waals surface area contributed by atoms with Crippen molar-refractivity contribution in [2.24, 2.45) is 0 Å². The molecular weight excluding hydrogens is 105 g/mol. The fourth-order valence-corrected chi connectivity index (χ4v) is 0.671. The molecule has 0 N–H and O–H groups in total. The highest BCUT2D eigenvalue weighted by Crippen LogP contribution is 1.81. The van der Waals surface area contributed by atoms with E-state index in [2.05, 4.69) is 25.7 Å². The van der Waals surface area contributed by atoms with E-state index in [9.17, 15) is 0 Å². The van der Waals surface area contributed by atoms with Crippen LogP contribution in [0.4, 0.5) is 4.70 Å². The highest BCUT2D eigenvalue weighted by molar-refractivity contribution is 4.43. The van der Waals surface area contributed by atoms with E-state index < -0.39 is 0 Å². The minimum atomic E-state index is 0. The van der Waals surface area contributed by atoms with Crippen molar-refractivity contribution in [3.63, 3.8) is 0 Å². The molecule has 0 aromatic carbocycles. The van der Waals surface area contributed by atoms with Gasteiger partial charge in [0.05, 0.1) is 0 Å². The lowest BCUT2D eigenvalue weighted by molar-refractivity contribution is 0.321. The third-order valence-electron chi connectivity index (χ3n) is 1.34. The smallest absolute Gasteiger partial charge is 0.304 e. The fraction of sp³-hybridized carbons (Fsp3) is 1.00. The van der Waals surface area contributed by atoms with Gasteiger partial charge in [-0.3, -0.25) is 4.70 Å². The van der Waals surface area contributed by atoms with Crippen molar-refractivity contribution in [3.8, 4) is 0 Å². The number of rotatable bonds is 3. The minimum absolute atomic E-state index is 0. The third-order valence-corrected chi connectivity index (χ3v) is 1.34. The lowest BCUT2D eigenvalue weighted by Crippen LogP contribution is -2.21. The van der Waals surface area contributed by atoms with Crippen LogP contribution in [0.3, 0.4) is 0 Å². The predicted octanol–water partition coefficient (Wildman–Crippen LogP) is 1.84. The van der Waals surface area contributed by atoms with Crippen molar-refractivity contribution in [2.45, 2.75) is 20.8 Å². The summed E-state index contributed by atoms with van der Waals surface area (Å²) in [5, 5.41) is 0. The highest BCUT2D eigenvalue weighted by atomic mass is 19.0. The van der Waals surface area contributed by atoms with E-state index >= 15 is 0 Å². The molecule has 0 atom stereocenters. The Hall–Kier alpha value is -0.110. The number of hydrogen-bond donors (Lipinski definition) is 0. The highest BCUT2D eigenvalue weighted by Gasteiger charge is 1.89. The van der Waals surface area contributed by atoms with E-state index in [-0.39, 0.29) is 8.98 Å². The van der Waals surface area contributed by atoms with Crippen LogP contribution in [0, 0.1) is 0 Å². The molecule has 0 radical (unpaired) electrons. The van der Waals surface area contributed by atoms with Crippen molar-refractivity contribution < 1.29 is 8.98 Å². The Bertz CT molecular complexity index is 39.3. The van der Waals surface area contributed by atoms with Gasteiger partial charge in [0.1, 0.15) is 0 Å². The summed E-state index contributed by atoms with van der Waals surface area (Å²) < 4.78 is 0. The summed E-state index contributed by atoms with van der Waals surface area (Å²) in [5.41, 5.74) is 0. The van der Waals surface area contributed by atoms with Gasteiger partial charge in [-0.25, -0.2) is 0 Å². The molecule has 0 spiro atoms. The number of nitrogens with zero attached hydrogens (tertiary/aromatic N) is 1. The van der Waals surface area contributed by atoms with Gasteiger partial charge in [0, 0.05) is 0 Å². The fourth-order valence-electron chi connectivity index (χ4n) is 0.671. The Morgan fingerprint density at radius 1 is 1.00 bits per heavy atom. The van der Waals surface area contributed by atoms with Gasteiger partial charge in [0.2, 0.25) is 0 Å².